The van der Waals surface area contributed by atoms with Gasteiger partial charge in [-0.2, -0.15) is 5.10 Å². The molecule has 28 heavy (non-hydrogen) atoms. The second kappa shape index (κ2) is 6.82. The van der Waals surface area contributed by atoms with Crippen molar-refractivity contribution >= 4 is 39.1 Å². The van der Waals surface area contributed by atoms with Crippen LogP contribution in [0.1, 0.15) is 43.2 Å². The van der Waals surface area contributed by atoms with E-state index in [4.69, 9.17) is 9.97 Å². The second-order valence-electron chi connectivity index (χ2n) is 7.73. The van der Waals surface area contributed by atoms with Crippen molar-refractivity contribution < 1.29 is 4.79 Å². The third kappa shape index (κ3) is 3.04. The Bertz CT molecular complexity index is 1020. The summed E-state index contributed by atoms with van der Waals surface area (Å²) in [6, 6.07) is 3.93. The number of amides is 1. The van der Waals surface area contributed by atoms with Crippen LogP contribution < -0.4 is 16.0 Å². The number of aromatic nitrogens is 4. The predicted molar refractivity (Wildman–Crippen MR) is 109 cm³/mol. The molecule has 0 bridgehead atoms. The molecule has 0 aliphatic carbocycles. The van der Waals surface area contributed by atoms with Crippen LogP contribution in [0.3, 0.4) is 0 Å². The fraction of sp³-hybridized carbons (Fsp3) is 0.474. The number of carbonyl (C=O) groups is 1. The number of anilines is 2. The van der Waals surface area contributed by atoms with E-state index in [1.54, 1.807) is 11.3 Å². The molecule has 3 aromatic rings. The van der Waals surface area contributed by atoms with Crippen molar-refractivity contribution in [2.75, 3.05) is 18.4 Å². The first kappa shape index (κ1) is 17.6. The fourth-order valence-corrected chi connectivity index (χ4v) is 5.09. The Morgan fingerprint density at radius 2 is 2.21 bits per heavy atom. The largest absolute Gasteiger partial charge is 0.356 e. The van der Waals surface area contributed by atoms with E-state index in [0.29, 0.717) is 0 Å². The van der Waals surface area contributed by atoms with Crippen LogP contribution in [0, 0.1) is 12.3 Å². The molecule has 8 nitrogen and oxygen atoms in total. The van der Waals surface area contributed by atoms with Crippen molar-refractivity contribution in [1.29, 1.82) is 0 Å². The number of thiophene rings is 1. The van der Waals surface area contributed by atoms with Crippen LogP contribution in [-0.4, -0.2) is 39.2 Å². The second-order valence-corrected chi connectivity index (χ2v) is 8.63. The highest BCUT2D eigenvalue weighted by molar-refractivity contribution is 7.16. The number of aryl methyl sites for hydroxylation is 1. The Labute approximate surface area is 166 Å². The molecule has 5 rings (SSSR count). The molecular formula is C19H23N7OS. The minimum Gasteiger partial charge on any atom is -0.356 e. The summed E-state index contributed by atoms with van der Waals surface area (Å²) in [6.07, 6.45) is 3.58. The summed E-state index contributed by atoms with van der Waals surface area (Å²) in [7, 11) is 0. The summed E-state index contributed by atoms with van der Waals surface area (Å²) in [6.45, 7) is 3.54. The standard InChI is InChI=1S/C19H23N7OS/c1-11-9-14(26-25-11)22-15-12-3-8-28-17(12)24-16(23-15)13-10-19(5-7-20-13)4-2-6-21-18(19)27/h3,8-9,13,20H,2,4-7,10H2,1H3,(H,21,27)(H2,22,23,24,25,26). The van der Waals surface area contributed by atoms with E-state index in [2.05, 4.69) is 26.1 Å². The molecule has 2 aliphatic heterocycles. The maximum atomic E-state index is 12.6. The van der Waals surface area contributed by atoms with Gasteiger partial charge >= 0.3 is 0 Å². The minimum atomic E-state index is -0.297. The highest BCUT2D eigenvalue weighted by Crippen LogP contribution is 2.42. The molecule has 2 saturated heterocycles. The van der Waals surface area contributed by atoms with Gasteiger partial charge in [-0.3, -0.25) is 9.89 Å². The number of aromatic amines is 1. The van der Waals surface area contributed by atoms with Crippen molar-refractivity contribution in [3.05, 3.63) is 29.0 Å². The highest BCUT2D eigenvalue weighted by atomic mass is 32.1. The van der Waals surface area contributed by atoms with Crippen LogP contribution in [0.4, 0.5) is 11.6 Å². The number of rotatable bonds is 3. The number of piperidine rings is 2. The van der Waals surface area contributed by atoms with Gasteiger partial charge in [-0.1, -0.05) is 0 Å². The predicted octanol–water partition coefficient (Wildman–Crippen LogP) is 2.79. The minimum absolute atomic E-state index is 0.0365. The average Bonchev–Trinajstić information content (AvgIpc) is 3.33. The van der Waals surface area contributed by atoms with Crippen molar-refractivity contribution in [2.24, 2.45) is 5.41 Å². The van der Waals surface area contributed by atoms with Crippen molar-refractivity contribution in [3.8, 4) is 0 Å². The summed E-state index contributed by atoms with van der Waals surface area (Å²) >= 11 is 1.60. The SMILES string of the molecule is Cc1cc(Nc2nc(C3CC4(CCCNC4=O)CCN3)nc3sccc23)n[nH]1. The van der Waals surface area contributed by atoms with E-state index in [0.717, 1.165) is 72.1 Å². The van der Waals surface area contributed by atoms with Gasteiger partial charge in [0, 0.05) is 18.3 Å². The molecule has 0 saturated carbocycles. The molecule has 1 spiro atoms. The molecule has 0 aromatic carbocycles. The van der Waals surface area contributed by atoms with Crippen LogP contribution in [0.5, 0.6) is 0 Å². The van der Waals surface area contributed by atoms with Gasteiger partial charge in [0.05, 0.1) is 16.8 Å². The monoisotopic (exact) mass is 397 g/mol. The number of nitrogens with zero attached hydrogens (tertiary/aromatic N) is 3. The zero-order valence-electron chi connectivity index (χ0n) is 15.7. The number of hydrogen-bond acceptors (Lipinski definition) is 7. The molecule has 3 aromatic heterocycles. The molecule has 146 valence electrons. The van der Waals surface area contributed by atoms with Crippen LogP contribution in [0.15, 0.2) is 17.5 Å². The quantitative estimate of drug-likeness (QED) is 0.541. The van der Waals surface area contributed by atoms with Crippen molar-refractivity contribution in [3.63, 3.8) is 0 Å². The Balaban J connectivity index is 1.49. The lowest BCUT2D eigenvalue weighted by Gasteiger charge is -2.42. The lowest BCUT2D eigenvalue weighted by molar-refractivity contribution is -0.136. The first-order valence-electron chi connectivity index (χ1n) is 9.69. The first-order chi connectivity index (χ1) is 13.6. The summed E-state index contributed by atoms with van der Waals surface area (Å²) in [5.74, 6) is 2.41. The third-order valence-electron chi connectivity index (χ3n) is 5.79. The Morgan fingerprint density at radius 1 is 1.29 bits per heavy atom. The van der Waals surface area contributed by atoms with Gasteiger partial charge in [0.25, 0.3) is 0 Å². The van der Waals surface area contributed by atoms with Crippen LogP contribution in [0.25, 0.3) is 10.2 Å². The van der Waals surface area contributed by atoms with E-state index in [-0.39, 0.29) is 17.4 Å². The van der Waals surface area contributed by atoms with Crippen LogP contribution in [0.2, 0.25) is 0 Å². The Hall–Kier alpha value is -2.52. The number of nitrogens with one attached hydrogen (secondary N) is 4. The zero-order valence-corrected chi connectivity index (χ0v) is 16.5. The lowest BCUT2D eigenvalue weighted by Crippen LogP contribution is -2.52. The smallest absolute Gasteiger partial charge is 0.226 e. The van der Waals surface area contributed by atoms with Crippen molar-refractivity contribution in [1.82, 2.24) is 30.8 Å². The van der Waals surface area contributed by atoms with Gasteiger partial charge in [-0.05, 0) is 50.6 Å². The Morgan fingerprint density at radius 3 is 3.04 bits per heavy atom. The maximum Gasteiger partial charge on any atom is 0.226 e. The van der Waals surface area contributed by atoms with Gasteiger partial charge in [0.1, 0.15) is 16.5 Å². The maximum absolute atomic E-state index is 12.6. The van der Waals surface area contributed by atoms with Crippen LogP contribution in [-0.2, 0) is 4.79 Å². The van der Waals surface area contributed by atoms with Gasteiger partial charge in [0.2, 0.25) is 5.91 Å². The van der Waals surface area contributed by atoms with Gasteiger partial charge in [0.15, 0.2) is 5.82 Å². The highest BCUT2D eigenvalue weighted by Gasteiger charge is 2.44. The molecule has 5 heterocycles. The molecule has 2 aliphatic rings. The normalized spacial score (nSPS) is 25.2. The summed E-state index contributed by atoms with van der Waals surface area (Å²) in [5, 5.41) is 20.1. The van der Waals surface area contributed by atoms with E-state index in [1.807, 2.05) is 24.4 Å². The van der Waals surface area contributed by atoms with E-state index < -0.39 is 0 Å². The molecule has 1 amide bonds. The number of carbonyl (C=O) groups excluding carboxylic acids is 1. The van der Waals surface area contributed by atoms with Gasteiger partial charge in [-0.25, -0.2) is 9.97 Å². The molecule has 2 fully saturated rings. The molecular weight excluding hydrogens is 374 g/mol. The Kier molecular flexibility index (Phi) is 4.28. The number of hydrogen-bond donors (Lipinski definition) is 4. The summed E-state index contributed by atoms with van der Waals surface area (Å²) in [5.41, 5.74) is 0.687. The van der Waals surface area contributed by atoms with Crippen LogP contribution >= 0.6 is 11.3 Å². The zero-order chi connectivity index (χ0) is 19.1. The van der Waals surface area contributed by atoms with E-state index in [9.17, 15) is 4.79 Å². The molecule has 2 unspecified atom stereocenters. The molecule has 9 heteroatoms. The summed E-state index contributed by atoms with van der Waals surface area (Å²) < 4.78 is 0. The average molecular weight is 398 g/mol. The van der Waals surface area contributed by atoms with Gasteiger partial charge in [-0.15, -0.1) is 11.3 Å². The first-order valence-corrected chi connectivity index (χ1v) is 10.6. The number of H-pyrrole nitrogens is 1. The third-order valence-corrected chi connectivity index (χ3v) is 6.60. The summed E-state index contributed by atoms with van der Waals surface area (Å²) in [4.78, 5) is 23.2. The van der Waals surface area contributed by atoms with Gasteiger partial charge < -0.3 is 16.0 Å². The lowest BCUT2D eigenvalue weighted by atomic mass is 9.70. The van der Waals surface area contributed by atoms with E-state index >= 15 is 0 Å². The fourth-order valence-electron chi connectivity index (χ4n) is 4.32. The molecule has 0 radical (unpaired) electrons. The number of fused-ring (bicyclic) bond motifs is 1. The van der Waals surface area contributed by atoms with E-state index in [1.165, 1.54) is 0 Å². The van der Waals surface area contributed by atoms with Crippen molar-refractivity contribution in [2.45, 2.75) is 38.6 Å². The molecule has 2 atom stereocenters. The molecule has 4 N–H and O–H groups in total. The topological polar surface area (TPSA) is 108 Å².